The predicted molar refractivity (Wildman–Crippen MR) is 80.0 cm³/mol. The van der Waals surface area contributed by atoms with Crippen molar-refractivity contribution >= 4 is 27.5 Å². The molecule has 1 saturated carbocycles. The average molecular weight is 334 g/mol. The van der Waals surface area contributed by atoms with Gasteiger partial charge in [-0.2, -0.15) is 0 Å². The molecule has 1 aliphatic rings. The first kappa shape index (κ1) is 13.3. The van der Waals surface area contributed by atoms with Crippen LogP contribution >= 0.6 is 15.9 Å². The summed E-state index contributed by atoms with van der Waals surface area (Å²) in [4.78, 5) is 12.1. The molecule has 0 bridgehead atoms. The molecule has 1 fully saturated rings. The molecule has 2 unspecified atom stereocenters. The number of hydrogen-bond acceptors (Lipinski definition) is 1. The Labute approximate surface area is 125 Å². The molecule has 102 valence electrons. The number of halogens is 2. The van der Waals surface area contributed by atoms with Crippen molar-refractivity contribution in [3.63, 3.8) is 0 Å². The second-order valence-corrected chi connectivity index (χ2v) is 5.83. The summed E-state index contributed by atoms with van der Waals surface area (Å²) in [6.07, 6.45) is 0.856. The summed E-state index contributed by atoms with van der Waals surface area (Å²) in [6.45, 7) is 0. The molecule has 2 aromatic rings. The highest BCUT2D eigenvalue weighted by atomic mass is 79.9. The van der Waals surface area contributed by atoms with Gasteiger partial charge in [0, 0.05) is 11.6 Å². The van der Waals surface area contributed by atoms with E-state index in [1.165, 1.54) is 11.6 Å². The molecule has 2 atom stereocenters. The Balaban J connectivity index is 1.65. The van der Waals surface area contributed by atoms with Gasteiger partial charge in [0.05, 0.1) is 4.47 Å². The Morgan fingerprint density at radius 2 is 1.95 bits per heavy atom. The van der Waals surface area contributed by atoms with Gasteiger partial charge in [-0.25, -0.2) is 4.39 Å². The summed E-state index contributed by atoms with van der Waals surface area (Å²) >= 11 is 3.09. The first-order valence-electron chi connectivity index (χ1n) is 6.46. The van der Waals surface area contributed by atoms with Crippen LogP contribution in [0.5, 0.6) is 0 Å². The Morgan fingerprint density at radius 3 is 2.65 bits per heavy atom. The summed E-state index contributed by atoms with van der Waals surface area (Å²) in [7, 11) is 0. The average Bonchev–Trinajstić information content (AvgIpc) is 3.24. The minimum absolute atomic E-state index is 0.0101. The van der Waals surface area contributed by atoms with Gasteiger partial charge in [0.15, 0.2) is 0 Å². The summed E-state index contributed by atoms with van der Waals surface area (Å²) in [5, 5.41) is 2.77. The van der Waals surface area contributed by atoms with Crippen molar-refractivity contribution in [2.45, 2.75) is 12.3 Å². The molecule has 0 aliphatic heterocycles. The van der Waals surface area contributed by atoms with Crippen LogP contribution in [0.25, 0.3) is 0 Å². The molecule has 0 aromatic heterocycles. The van der Waals surface area contributed by atoms with Crippen molar-refractivity contribution in [3.8, 4) is 0 Å². The first-order valence-corrected chi connectivity index (χ1v) is 7.25. The molecule has 0 radical (unpaired) electrons. The van der Waals surface area contributed by atoms with Crippen LogP contribution in [0.1, 0.15) is 17.9 Å². The van der Waals surface area contributed by atoms with Gasteiger partial charge in [0.2, 0.25) is 5.91 Å². The fourth-order valence-corrected chi connectivity index (χ4v) is 2.61. The second kappa shape index (κ2) is 5.37. The van der Waals surface area contributed by atoms with Crippen LogP contribution in [0.2, 0.25) is 0 Å². The van der Waals surface area contributed by atoms with E-state index in [0.29, 0.717) is 10.2 Å². The minimum Gasteiger partial charge on any atom is -0.326 e. The maximum absolute atomic E-state index is 13.4. The highest BCUT2D eigenvalue weighted by Gasteiger charge is 2.43. The molecule has 0 heterocycles. The van der Waals surface area contributed by atoms with Crippen molar-refractivity contribution in [2.75, 3.05) is 5.32 Å². The largest absolute Gasteiger partial charge is 0.326 e. The lowest BCUT2D eigenvalue weighted by Gasteiger charge is -2.06. The maximum atomic E-state index is 13.4. The summed E-state index contributed by atoms with van der Waals surface area (Å²) in [6, 6.07) is 14.6. The van der Waals surface area contributed by atoms with E-state index in [-0.39, 0.29) is 23.6 Å². The zero-order valence-corrected chi connectivity index (χ0v) is 12.2. The SMILES string of the molecule is O=C(Nc1ccc(Br)c(F)c1)C1CC1c1ccccc1. The fraction of sp³-hybridized carbons (Fsp3) is 0.188. The highest BCUT2D eigenvalue weighted by Crippen LogP contribution is 2.47. The van der Waals surface area contributed by atoms with Gasteiger partial charge in [-0.05, 0) is 52.0 Å². The van der Waals surface area contributed by atoms with Crippen LogP contribution in [0.4, 0.5) is 10.1 Å². The Morgan fingerprint density at radius 1 is 1.20 bits per heavy atom. The number of carbonyl (C=O) groups excluding carboxylic acids is 1. The topological polar surface area (TPSA) is 29.1 Å². The summed E-state index contributed by atoms with van der Waals surface area (Å²) in [5.41, 5.74) is 1.68. The molecular weight excluding hydrogens is 321 g/mol. The van der Waals surface area contributed by atoms with Gasteiger partial charge >= 0.3 is 0 Å². The lowest BCUT2D eigenvalue weighted by atomic mass is 10.1. The number of rotatable bonds is 3. The fourth-order valence-electron chi connectivity index (χ4n) is 2.36. The number of hydrogen-bond donors (Lipinski definition) is 1. The third-order valence-corrected chi connectivity index (χ3v) is 4.19. The zero-order valence-electron chi connectivity index (χ0n) is 10.6. The van der Waals surface area contributed by atoms with Crippen molar-refractivity contribution in [1.82, 2.24) is 0 Å². The Bertz CT molecular complexity index is 644. The van der Waals surface area contributed by atoms with Crippen LogP contribution < -0.4 is 5.32 Å². The van der Waals surface area contributed by atoms with Gasteiger partial charge < -0.3 is 5.32 Å². The van der Waals surface area contributed by atoms with Crippen LogP contribution in [-0.2, 0) is 4.79 Å². The van der Waals surface area contributed by atoms with Crippen LogP contribution in [0.15, 0.2) is 53.0 Å². The first-order chi connectivity index (χ1) is 9.65. The Kier molecular flexibility index (Phi) is 3.57. The lowest BCUT2D eigenvalue weighted by molar-refractivity contribution is -0.117. The van der Waals surface area contributed by atoms with E-state index < -0.39 is 0 Å². The standard InChI is InChI=1S/C16H13BrFNO/c17-14-7-6-11(8-15(14)18)19-16(20)13-9-12(13)10-4-2-1-3-5-10/h1-8,12-13H,9H2,(H,19,20). The number of amides is 1. The van der Waals surface area contributed by atoms with Gasteiger partial charge in [0.25, 0.3) is 0 Å². The van der Waals surface area contributed by atoms with Crippen LogP contribution in [0.3, 0.4) is 0 Å². The summed E-state index contributed by atoms with van der Waals surface area (Å²) < 4.78 is 13.8. The summed E-state index contributed by atoms with van der Waals surface area (Å²) in [5.74, 6) is -0.139. The molecule has 0 saturated heterocycles. The quantitative estimate of drug-likeness (QED) is 0.889. The zero-order chi connectivity index (χ0) is 14.1. The molecule has 4 heteroatoms. The van der Waals surface area contributed by atoms with Gasteiger partial charge in [0.1, 0.15) is 5.82 Å². The van der Waals surface area contributed by atoms with Crippen molar-refractivity contribution in [3.05, 3.63) is 64.4 Å². The predicted octanol–water partition coefficient (Wildman–Crippen LogP) is 4.33. The van der Waals surface area contributed by atoms with Crippen molar-refractivity contribution < 1.29 is 9.18 Å². The number of carbonyl (C=O) groups is 1. The normalized spacial score (nSPS) is 20.5. The molecule has 0 spiro atoms. The number of nitrogens with one attached hydrogen (secondary N) is 1. The molecule has 1 aliphatic carbocycles. The van der Waals surface area contributed by atoms with E-state index >= 15 is 0 Å². The maximum Gasteiger partial charge on any atom is 0.228 e. The molecule has 1 amide bonds. The van der Waals surface area contributed by atoms with Crippen molar-refractivity contribution in [2.24, 2.45) is 5.92 Å². The van der Waals surface area contributed by atoms with E-state index in [1.807, 2.05) is 30.3 Å². The van der Waals surface area contributed by atoms with E-state index in [2.05, 4.69) is 21.2 Å². The molecular formula is C16H13BrFNO. The van der Waals surface area contributed by atoms with Crippen molar-refractivity contribution in [1.29, 1.82) is 0 Å². The van der Waals surface area contributed by atoms with E-state index in [1.54, 1.807) is 12.1 Å². The second-order valence-electron chi connectivity index (χ2n) is 4.98. The molecule has 2 aromatic carbocycles. The lowest BCUT2D eigenvalue weighted by Crippen LogP contribution is -2.14. The molecule has 20 heavy (non-hydrogen) atoms. The smallest absolute Gasteiger partial charge is 0.228 e. The monoisotopic (exact) mass is 333 g/mol. The van der Waals surface area contributed by atoms with E-state index in [9.17, 15) is 9.18 Å². The van der Waals surface area contributed by atoms with Gasteiger partial charge in [-0.3, -0.25) is 4.79 Å². The number of anilines is 1. The van der Waals surface area contributed by atoms with Gasteiger partial charge in [-0.15, -0.1) is 0 Å². The molecule has 2 nitrogen and oxygen atoms in total. The van der Waals surface area contributed by atoms with Crippen LogP contribution in [-0.4, -0.2) is 5.91 Å². The third-order valence-electron chi connectivity index (χ3n) is 3.54. The minimum atomic E-state index is -0.377. The van der Waals surface area contributed by atoms with Crippen LogP contribution in [0, 0.1) is 11.7 Å². The third kappa shape index (κ3) is 2.75. The van der Waals surface area contributed by atoms with Gasteiger partial charge in [-0.1, -0.05) is 30.3 Å². The number of benzene rings is 2. The molecule has 1 N–H and O–H groups in total. The molecule has 3 rings (SSSR count). The van der Waals surface area contributed by atoms with E-state index in [0.717, 1.165) is 6.42 Å². The highest BCUT2D eigenvalue weighted by molar-refractivity contribution is 9.10. The Hall–Kier alpha value is -1.68. The van der Waals surface area contributed by atoms with E-state index in [4.69, 9.17) is 0 Å².